The molecule has 0 saturated carbocycles. The van der Waals surface area contributed by atoms with Gasteiger partial charge in [-0.15, -0.1) is 0 Å². The van der Waals surface area contributed by atoms with E-state index in [9.17, 15) is 4.79 Å². The molecule has 132 valence electrons. The smallest absolute Gasteiger partial charge is 0.261 e. The van der Waals surface area contributed by atoms with Crippen LogP contribution in [0.4, 0.5) is 5.69 Å². The van der Waals surface area contributed by atoms with Crippen LogP contribution in [-0.4, -0.2) is 18.1 Å². The number of ether oxygens (including phenoxy) is 1. The maximum atomic E-state index is 12.7. The van der Waals surface area contributed by atoms with Crippen molar-refractivity contribution < 1.29 is 9.53 Å². The predicted molar refractivity (Wildman–Crippen MR) is 116 cm³/mol. The second-order valence-electron chi connectivity index (χ2n) is 5.41. The van der Waals surface area contributed by atoms with Gasteiger partial charge in [0.2, 0.25) is 0 Å². The standard InChI is InChI=1S/C19H14Br2N2O2S/c1-25-17-15(10-11-4-2-3-5-14(11)16(17)21)18(24)23-19(26)22-13-8-6-12(20)7-9-13/h2-10H,1H3,(H2,22,23,24,26). The lowest BCUT2D eigenvalue weighted by molar-refractivity contribution is 0.0975. The first-order valence-electron chi connectivity index (χ1n) is 7.62. The minimum atomic E-state index is -0.345. The van der Waals surface area contributed by atoms with Crippen LogP contribution in [0.25, 0.3) is 10.8 Å². The van der Waals surface area contributed by atoms with Crippen molar-refractivity contribution >= 4 is 71.6 Å². The van der Waals surface area contributed by atoms with Crippen LogP contribution in [0.5, 0.6) is 5.75 Å². The van der Waals surface area contributed by atoms with Gasteiger partial charge in [0.1, 0.15) is 5.75 Å². The van der Waals surface area contributed by atoms with E-state index in [0.717, 1.165) is 25.4 Å². The largest absolute Gasteiger partial charge is 0.495 e. The molecule has 3 aromatic rings. The van der Waals surface area contributed by atoms with Gasteiger partial charge in [0.25, 0.3) is 5.91 Å². The summed E-state index contributed by atoms with van der Waals surface area (Å²) in [5, 5.41) is 7.79. The van der Waals surface area contributed by atoms with Crippen molar-refractivity contribution in [3.05, 3.63) is 69.1 Å². The van der Waals surface area contributed by atoms with Crippen LogP contribution in [0.1, 0.15) is 10.4 Å². The lowest BCUT2D eigenvalue weighted by Gasteiger charge is -2.14. The van der Waals surface area contributed by atoms with Crippen LogP contribution in [-0.2, 0) is 0 Å². The van der Waals surface area contributed by atoms with Crippen LogP contribution in [0.3, 0.4) is 0 Å². The molecular weight excluding hydrogens is 480 g/mol. The monoisotopic (exact) mass is 492 g/mol. The molecule has 0 atom stereocenters. The van der Waals surface area contributed by atoms with Gasteiger partial charge in [0.15, 0.2) is 5.11 Å². The number of carbonyl (C=O) groups excluding carboxylic acids is 1. The zero-order chi connectivity index (χ0) is 18.7. The summed E-state index contributed by atoms with van der Waals surface area (Å²) >= 11 is 12.2. The molecule has 7 heteroatoms. The lowest BCUT2D eigenvalue weighted by atomic mass is 10.1. The van der Waals surface area contributed by atoms with Gasteiger partial charge in [0.05, 0.1) is 17.1 Å². The molecule has 0 aliphatic rings. The van der Waals surface area contributed by atoms with Crippen LogP contribution in [0, 0.1) is 0 Å². The average molecular weight is 494 g/mol. The molecule has 0 aromatic heterocycles. The van der Waals surface area contributed by atoms with Crippen molar-refractivity contribution in [2.75, 3.05) is 12.4 Å². The number of thiocarbonyl (C=S) groups is 1. The molecule has 0 radical (unpaired) electrons. The van der Waals surface area contributed by atoms with Crippen molar-refractivity contribution in [2.24, 2.45) is 0 Å². The van der Waals surface area contributed by atoms with E-state index in [0.29, 0.717) is 11.3 Å². The predicted octanol–water partition coefficient (Wildman–Crippen LogP) is 5.50. The number of nitrogens with one attached hydrogen (secondary N) is 2. The number of hydrogen-bond donors (Lipinski definition) is 2. The van der Waals surface area contributed by atoms with E-state index in [1.54, 1.807) is 6.07 Å². The number of amides is 1. The average Bonchev–Trinajstić information content (AvgIpc) is 2.63. The fourth-order valence-corrected chi connectivity index (χ4v) is 3.73. The molecule has 26 heavy (non-hydrogen) atoms. The lowest BCUT2D eigenvalue weighted by Crippen LogP contribution is -2.34. The number of benzene rings is 3. The van der Waals surface area contributed by atoms with Gasteiger partial charge in [-0.2, -0.15) is 0 Å². The Morgan fingerprint density at radius 3 is 2.46 bits per heavy atom. The molecule has 3 aromatic carbocycles. The fourth-order valence-electron chi connectivity index (χ4n) is 2.52. The number of anilines is 1. The van der Waals surface area contributed by atoms with E-state index in [4.69, 9.17) is 17.0 Å². The molecule has 0 saturated heterocycles. The molecule has 0 heterocycles. The minimum absolute atomic E-state index is 0.212. The number of methoxy groups -OCH3 is 1. The Hall–Kier alpha value is -1.96. The van der Waals surface area contributed by atoms with Crippen molar-refractivity contribution in [1.82, 2.24) is 5.32 Å². The van der Waals surface area contributed by atoms with E-state index < -0.39 is 0 Å². The van der Waals surface area contributed by atoms with E-state index in [2.05, 4.69) is 42.5 Å². The van der Waals surface area contributed by atoms with Crippen molar-refractivity contribution in [2.45, 2.75) is 0 Å². The van der Waals surface area contributed by atoms with Gasteiger partial charge in [0, 0.05) is 10.2 Å². The maximum absolute atomic E-state index is 12.7. The molecule has 4 nitrogen and oxygen atoms in total. The Bertz CT molecular complexity index is 991. The molecule has 3 rings (SSSR count). The first kappa shape index (κ1) is 18.8. The number of carbonyl (C=O) groups is 1. The summed E-state index contributed by atoms with van der Waals surface area (Å²) in [4.78, 5) is 12.7. The van der Waals surface area contributed by atoms with Crippen molar-refractivity contribution in [3.63, 3.8) is 0 Å². The second-order valence-corrected chi connectivity index (χ2v) is 7.52. The maximum Gasteiger partial charge on any atom is 0.261 e. The third-order valence-corrected chi connectivity index (χ3v) is 5.24. The van der Waals surface area contributed by atoms with Gasteiger partial charge in [-0.3, -0.25) is 10.1 Å². The number of hydrogen-bond acceptors (Lipinski definition) is 3. The van der Waals surface area contributed by atoms with Crippen molar-refractivity contribution in [1.29, 1.82) is 0 Å². The number of rotatable bonds is 3. The van der Waals surface area contributed by atoms with Crippen LogP contribution < -0.4 is 15.4 Å². The molecule has 0 aliphatic carbocycles. The van der Waals surface area contributed by atoms with E-state index >= 15 is 0 Å². The van der Waals surface area contributed by atoms with Gasteiger partial charge < -0.3 is 10.1 Å². The Morgan fingerprint density at radius 2 is 1.77 bits per heavy atom. The summed E-state index contributed by atoms with van der Waals surface area (Å²) in [5.41, 5.74) is 1.18. The summed E-state index contributed by atoms with van der Waals surface area (Å²) < 4.78 is 7.14. The first-order valence-corrected chi connectivity index (χ1v) is 9.62. The molecule has 1 amide bonds. The SMILES string of the molecule is COc1c(C(=O)NC(=S)Nc2ccc(Br)cc2)cc2ccccc2c1Br. The zero-order valence-electron chi connectivity index (χ0n) is 13.7. The number of halogens is 2. The normalized spacial score (nSPS) is 10.4. The van der Waals surface area contributed by atoms with E-state index in [-0.39, 0.29) is 11.0 Å². The van der Waals surface area contributed by atoms with Crippen LogP contribution in [0.15, 0.2) is 63.5 Å². The van der Waals surface area contributed by atoms with Gasteiger partial charge >= 0.3 is 0 Å². The highest BCUT2D eigenvalue weighted by Crippen LogP contribution is 2.36. The van der Waals surface area contributed by atoms with Gasteiger partial charge in [-0.05, 0) is 69.3 Å². The Balaban J connectivity index is 1.85. The van der Waals surface area contributed by atoms with Gasteiger partial charge in [-0.25, -0.2) is 0 Å². The molecule has 0 spiro atoms. The van der Waals surface area contributed by atoms with Crippen LogP contribution >= 0.6 is 44.1 Å². The summed E-state index contributed by atoms with van der Waals surface area (Å²) in [6, 6.07) is 17.0. The van der Waals surface area contributed by atoms with E-state index in [1.165, 1.54) is 7.11 Å². The molecule has 2 N–H and O–H groups in total. The van der Waals surface area contributed by atoms with E-state index in [1.807, 2.05) is 48.5 Å². The Kier molecular flexibility index (Phi) is 5.90. The molecule has 0 aliphatic heterocycles. The molecular formula is C19H14Br2N2O2S. The Morgan fingerprint density at radius 1 is 1.08 bits per heavy atom. The fraction of sp³-hybridized carbons (Fsp3) is 0.0526. The number of fused-ring (bicyclic) bond motifs is 1. The Labute approximate surface area is 173 Å². The third kappa shape index (κ3) is 4.06. The molecule has 0 fully saturated rings. The van der Waals surface area contributed by atoms with Crippen LogP contribution in [0.2, 0.25) is 0 Å². The summed E-state index contributed by atoms with van der Waals surface area (Å²) in [6.45, 7) is 0. The second kappa shape index (κ2) is 8.16. The highest BCUT2D eigenvalue weighted by Gasteiger charge is 2.19. The topological polar surface area (TPSA) is 50.4 Å². The van der Waals surface area contributed by atoms with Gasteiger partial charge in [-0.1, -0.05) is 40.2 Å². The highest BCUT2D eigenvalue weighted by molar-refractivity contribution is 9.11. The summed E-state index contributed by atoms with van der Waals surface area (Å²) in [6.07, 6.45) is 0. The third-order valence-electron chi connectivity index (χ3n) is 3.72. The molecule has 0 bridgehead atoms. The minimum Gasteiger partial charge on any atom is -0.495 e. The summed E-state index contributed by atoms with van der Waals surface area (Å²) in [7, 11) is 1.53. The highest BCUT2D eigenvalue weighted by atomic mass is 79.9. The molecule has 0 unspecified atom stereocenters. The quantitative estimate of drug-likeness (QED) is 0.473. The van der Waals surface area contributed by atoms with Crippen molar-refractivity contribution in [3.8, 4) is 5.75 Å². The first-order chi connectivity index (χ1) is 12.5. The zero-order valence-corrected chi connectivity index (χ0v) is 17.7. The summed E-state index contributed by atoms with van der Waals surface area (Å²) in [5.74, 6) is 0.121.